The van der Waals surface area contributed by atoms with E-state index in [4.69, 9.17) is 14.2 Å². The normalized spacial score (nSPS) is 15.5. The van der Waals surface area contributed by atoms with Crippen LogP contribution < -0.4 is 19.5 Å². The number of ether oxygens (including phenoxy) is 3. The molecule has 41 heavy (non-hydrogen) atoms. The number of methoxy groups -OCH3 is 1. The summed E-state index contributed by atoms with van der Waals surface area (Å²) in [5.74, 6) is 0.00241. The van der Waals surface area contributed by atoms with E-state index in [-0.39, 0.29) is 23.4 Å². The lowest BCUT2D eigenvalue weighted by atomic mass is 10.1. The topological polar surface area (TPSA) is 164 Å². The van der Waals surface area contributed by atoms with Gasteiger partial charge in [-0.05, 0) is 70.9 Å². The number of hydrogen-bond acceptors (Lipinski definition) is 9. The summed E-state index contributed by atoms with van der Waals surface area (Å²) < 4.78 is 47.5. The Balaban J connectivity index is 1.80. The summed E-state index contributed by atoms with van der Waals surface area (Å²) in [6, 6.07) is 10.1. The third-order valence-electron chi connectivity index (χ3n) is 6.19. The van der Waals surface area contributed by atoms with Gasteiger partial charge in [-0.2, -0.15) is 9.78 Å². The molecule has 1 aromatic heterocycles. The van der Waals surface area contributed by atoms with Crippen LogP contribution in [0.5, 0.6) is 17.4 Å². The highest BCUT2D eigenvalue weighted by Crippen LogP contribution is 2.36. The molecule has 0 saturated carbocycles. The van der Waals surface area contributed by atoms with Crippen LogP contribution in [0.4, 0.5) is 5.69 Å². The van der Waals surface area contributed by atoms with Crippen LogP contribution in [0.1, 0.15) is 49.7 Å². The fraction of sp³-hybridized carbons (Fsp3) is 0.407. The Morgan fingerprint density at radius 2 is 1.93 bits per heavy atom. The van der Waals surface area contributed by atoms with Crippen molar-refractivity contribution in [2.75, 3.05) is 20.3 Å². The highest BCUT2D eigenvalue weighted by atomic mass is 32.2. The van der Waals surface area contributed by atoms with Crippen molar-refractivity contribution in [1.82, 2.24) is 19.8 Å². The van der Waals surface area contributed by atoms with Gasteiger partial charge in [0.25, 0.3) is 11.6 Å². The molecular weight excluding hydrogens is 554 g/mol. The smallest absolute Gasteiger partial charge is 0.272 e. The molecule has 3 aromatic rings. The van der Waals surface area contributed by atoms with Crippen molar-refractivity contribution in [2.45, 2.75) is 57.1 Å². The predicted octanol–water partition coefficient (Wildman–Crippen LogP) is 3.88. The summed E-state index contributed by atoms with van der Waals surface area (Å²) in [5.41, 5.74) is -0.415. The van der Waals surface area contributed by atoms with Gasteiger partial charge in [0, 0.05) is 36.4 Å². The van der Waals surface area contributed by atoms with Gasteiger partial charge in [0.15, 0.2) is 5.69 Å². The first kappa shape index (κ1) is 30.0. The summed E-state index contributed by atoms with van der Waals surface area (Å²) in [5, 5.41) is 18.8. The van der Waals surface area contributed by atoms with Crippen LogP contribution in [-0.2, 0) is 14.8 Å². The van der Waals surface area contributed by atoms with Gasteiger partial charge in [-0.25, -0.2) is 13.1 Å². The molecule has 1 fully saturated rings. The lowest BCUT2D eigenvalue weighted by Crippen LogP contribution is -2.40. The molecule has 4 rings (SSSR count). The van der Waals surface area contributed by atoms with E-state index in [9.17, 15) is 23.3 Å². The molecule has 0 bridgehead atoms. The van der Waals surface area contributed by atoms with Crippen molar-refractivity contribution in [3.63, 3.8) is 0 Å². The Kier molecular flexibility index (Phi) is 8.66. The Labute approximate surface area is 238 Å². The molecule has 2 heterocycles. The van der Waals surface area contributed by atoms with Crippen LogP contribution in [0.15, 0.2) is 47.4 Å². The average Bonchev–Trinajstić information content (AvgIpc) is 3.54. The number of benzene rings is 2. The van der Waals surface area contributed by atoms with E-state index >= 15 is 0 Å². The molecule has 220 valence electrons. The molecular formula is C27H33N5O8S. The van der Waals surface area contributed by atoms with E-state index in [0.717, 1.165) is 25.0 Å². The number of non-ortho nitro benzene ring substituents is 1. The molecule has 0 unspecified atom stereocenters. The lowest BCUT2D eigenvalue weighted by Gasteiger charge is -2.21. The maximum Gasteiger partial charge on any atom is 0.272 e. The number of carbonyl (C=O) groups is 1. The Morgan fingerprint density at radius 1 is 1.22 bits per heavy atom. The quantitative estimate of drug-likeness (QED) is 0.265. The summed E-state index contributed by atoms with van der Waals surface area (Å²) in [6.45, 7) is 7.52. The number of nitrogens with one attached hydrogen (secondary N) is 2. The number of nitro groups is 1. The van der Waals surface area contributed by atoms with E-state index in [1.807, 2.05) is 0 Å². The fourth-order valence-electron chi connectivity index (χ4n) is 4.28. The summed E-state index contributed by atoms with van der Waals surface area (Å²) >= 11 is 0. The van der Waals surface area contributed by atoms with Gasteiger partial charge in [0.05, 0.1) is 23.8 Å². The predicted molar refractivity (Wildman–Crippen MR) is 149 cm³/mol. The number of nitro benzene ring substituents is 1. The number of rotatable bonds is 10. The molecule has 1 atom stereocenters. The maximum absolute atomic E-state index is 13.3. The van der Waals surface area contributed by atoms with Crippen LogP contribution in [0, 0.1) is 17.0 Å². The molecule has 1 amide bonds. The Hall–Kier alpha value is -4.01. The molecule has 1 aliphatic heterocycles. The second kappa shape index (κ2) is 11.8. The number of amides is 1. The SMILES string of the molecule is COc1ccc(-n2nc(C(=O)NC[C@H]3CCCO3)c(C)c2Oc2ccc([N+](=O)[O-])cc2S(=O)(=O)NC(C)(C)C)cc1. The van der Waals surface area contributed by atoms with Crippen molar-refractivity contribution >= 4 is 21.6 Å². The maximum atomic E-state index is 13.3. The van der Waals surface area contributed by atoms with Gasteiger partial charge < -0.3 is 19.5 Å². The van der Waals surface area contributed by atoms with E-state index in [2.05, 4.69) is 15.1 Å². The van der Waals surface area contributed by atoms with Crippen LogP contribution in [0.2, 0.25) is 0 Å². The number of carbonyl (C=O) groups excluding carboxylic acids is 1. The number of nitrogens with zero attached hydrogens (tertiary/aromatic N) is 3. The van der Waals surface area contributed by atoms with Crippen LogP contribution >= 0.6 is 0 Å². The van der Waals surface area contributed by atoms with Crippen LogP contribution in [0.25, 0.3) is 5.69 Å². The number of sulfonamides is 1. The summed E-state index contributed by atoms with van der Waals surface area (Å²) in [6.07, 6.45) is 1.68. The van der Waals surface area contributed by atoms with E-state index < -0.39 is 37.0 Å². The number of aromatic nitrogens is 2. The van der Waals surface area contributed by atoms with Crippen molar-refractivity contribution in [1.29, 1.82) is 0 Å². The molecule has 14 heteroatoms. The molecule has 0 aliphatic carbocycles. The highest BCUT2D eigenvalue weighted by molar-refractivity contribution is 7.89. The molecule has 13 nitrogen and oxygen atoms in total. The molecule has 2 aromatic carbocycles. The molecule has 1 aliphatic rings. The van der Waals surface area contributed by atoms with E-state index in [1.165, 1.54) is 17.9 Å². The zero-order valence-electron chi connectivity index (χ0n) is 23.5. The second-order valence-corrected chi connectivity index (χ2v) is 12.2. The first-order valence-corrected chi connectivity index (χ1v) is 14.4. The minimum Gasteiger partial charge on any atom is -0.497 e. The van der Waals surface area contributed by atoms with Crippen molar-refractivity contribution in [3.8, 4) is 23.1 Å². The Bertz CT molecular complexity index is 1540. The minimum absolute atomic E-state index is 0.0542. The van der Waals surface area contributed by atoms with Crippen molar-refractivity contribution in [3.05, 3.63) is 63.8 Å². The van der Waals surface area contributed by atoms with Crippen LogP contribution in [-0.4, -0.2) is 60.9 Å². The van der Waals surface area contributed by atoms with Gasteiger partial charge in [0.2, 0.25) is 15.9 Å². The third-order valence-corrected chi connectivity index (χ3v) is 7.97. The minimum atomic E-state index is -4.27. The molecule has 0 spiro atoms. The zero-order chi connectivity index (χ0) is 29.9. The van der Waals surface area contributed by atoms with Gasteiger partial charge in [-0.15, -0.1) is 0 Å². The Morgan fingerprint density at radius 3 is 2.51 bits per heavy atom. The monoisotopic (exact) mass is 587 g/mol. The highest BCUT2D eigenvalue weighted by Gasteiger charge is 2.30. The van der Waals surface area contributed by atoms with Crippen molar-refractivity contribution in [2.24, 2.45) is 0 Å². The van der Waals surface area contributed by atoms with Crippen LogP contribution in [0.3, 0.4) is 0 Å². The van der Waals surface area contributed by atoms with Gasteiger partial charge in [0.1, 0.15) is 16.4 Å². The zero-order valence-corrected chi connectivity index (χ0v) is 24.3. The summed E-state index contributed by atoms with van der Waals surface area (Å²) in [7, 11) is -2.74. The molecule has 0 radical (unpaired) electrons. The second-order valence-electron chi connectivity index (χ2n) is 10.6. The van der Waals surface area contributed by atoms with E-state index in [0.29, 0.717) is 30.2 Å². The van der Waals surface area contributed by atoms with Gasteiger partial charge in [-0.1, -0.05) is 0 Å². The first-order chi connectivity index (χ1) is 19.3. The fourth-order valence-corrected chi connectivity index (χ4v) is 5.84. The van der Waals surface area contributed by atoms with Gasteiger partial charge >= 0.3 is 0 Å². The molecule has 2 N–H and O–H groups in total. The lowest BCUT2D eigenvalue weighted by molar-refractivity contribution is -0.385. The third kappa shape index (κ3) is 7.01. The van der Waals surface area contributed by atoms with Gasteiger partial charge in [-0.3, -0.25) is 14.9 Å². The number of hydrogen-bond donors (Lipinski definition) is 2. The summed E-state index contributed by atoms with van der Waals surface area (Å²) in [4.78, 5) is 23.5. The largest absolute Gasteiger partial charge is 0.497 e. The average molecular weight is 588 g/mol. The molecule has 1 saturated heterocycles. The van der Waals surface area contributed by atoms with E-state index in [1.54, 1.807) is 52.0 Å². The first-order valence-electron chi connectivity index (χ1n) is 12.9. The standard InChI is InChI=1S/C27H33N5O8S/c1-17-24(25(33)28-16-21-7-6-14-39-21)29-31(18-8-11-20(38-5)12-9-18)26(17)40-22-13-10-19(32(34)35)15-23(22)41(36,37)30-27(2,3)4/h8-13,15,21,30H,6-7,14,16H2,1-5H3,(H,28,33)/t21-/m1/s1. The van der Waals surface area contributed by atoms with Crippen molar-refractivity contribution < 1.29 is 32.3 Å².